The molecule has 0 aliphatic carbocycles. The van der Waals surface area contributed by atoms with Gasteiger partial charge in [-0.05, 0) is 17.8 Å². The summed E-state index contributed by atoms with van der Waals surface area (Å²) in [6.07, 6.45) is 0. The summed E-state index contributed by atoms with van der Waals surface area (Å²) in [5.74, 6) is 0. The van der Waals surface area contributed by atoms with Gasteiger partial charge in [0.2, 0.25) is 0 Å². The molecule has 1 aromatic carbocycles. The Morgan fingerprint density at radius 2 is 1.62 bits per heavy atom. The van der Waals surface area contributed by atoms with E-state index in [0.29, 0.717) is 5.56 Å². The van der Waals surface area contributed by atoms with Crippen molar-refractivity contribution in [3.63, 3.8) is 0 Å². The molecule has 4 nitrogen and oxygen atoms in total. The minimum Gasteiger partial charge on any atom is -0.423 e. The van der Waals surface area contributed by atoms with Crippen LogP contribution in [0.25, 0.3) is 0 Å². The number of benzene rings is 1. The number of rotatable bonds is 2. The largest absolute Gasteiger partial charge is 0.488 e. The van der Waals surface area contributed by atoms with E-state index in [1.165, 1.54) is 12.1 Å². The predicted molar refractivity (Wildman–Crippen MR) is 50.8 cm³/mol. The molecule has 0 atom stereocenters. The van der Waals surface area contributed by atoms with Gasteiger partial charge >= 0.3 is 14.2 Å². The van der Waals surface area contributed by atoms with Crippen LogP contribution in [0.15, 0.2) is 18.2 Å². The summed E-state index contributed by atoms with van der Waals surface area (Å²) in [4.78, 5) is 0. The molecule has 6 heteroatoms. The lowest BCUT2D eigenvalue weighted by molar-refractivity contribution is 0.425. The molecule has 0 saturated carbocycles. The smallest absolute Gasteiger partial charge is 0.423 e. The average molecular weight is 180 g/mol. The SMILES string of the molecule is Cc1ccc(B(O)O)cc1B(O)O. The van der Waals surface area contributed by atoms with Crippen molar-refractivity contribution in [2.75, 3.05) is 0 Å². The molecule has 1 rings (SSSR count). The van der Waals surface area contributed by atoms with E-state index in [-0.39, 0.29) is 10.9 Å². The van der Waals surface area contributed by atoms with Gasteiger partial charge in [-0.15, -0.1) is 0 Å². The highest BCUT2D eigenvalue weighted by Gasteiger charge is 2.18. The molecule has 68 valence electrons. The van der Waals surface area contributed by atoms with Crippen LogP contribution in [0.4, 0.5) is 0 Å². The van der Waals surface area contributed by atoms with Crippen molar-refractivity contribution < 1.29 is 20.1 Å². The Morgan fingerprint density at radius 1 is 1.00 bits per heavy atom. The van der Waals surface area contributed by atoms with Crippen molar-refractivity contribution in [3.05, 3.63) is 23.8 Å². The molecule has 0 aliphatic heterocycles. The normalized spacial score (nSPS) is 9.92. The van der Waals surface area contributed by atoms with Crippen LogP contribution < -0.4 is 10.9 Å². The summed E-state index contributed by atoms with van der Waals surface area (Å²) in [5, 5.41) is 35.4. The van der Waals surface area contributed by atoms with E-state index < -0.39 is 14.2 Å². The first-order valence-electron chi connectivity index (χ1n) is 3.85. The quantitative estimate of drug-likeness (QED) is 0.374. The summed E-state index contributed by atoms with van der Waals surface area (Å²) < 4.78 is 0. The summed E-state index contributed by atoms with van der Waals surface area (Å²) in [7, 11) is -3.17. The highest BCUT2D eigenvalue weighted by molar-refractivity contribution is 6.62. The van der Waals surface area contributed by atoms with Gasteiger partial charge in [0.25, 0.3) is 0 Å². The second kappa shape index (κ2) is 3.93. The Labute approximate surface area is 76.8 Å². The van der Waals surface area contributed by atoms with E-state index in [4.69, 9.17) is 20.1 Å². The van der Waals surface area contributed by atoms with Crippen LogP contribution >= 0.6 is 0 Å². The van der Waals surface area contributed by atoms with Crippen LogP contribution in [0.5, 0.6) is 0 Å². The summed E-state index contributed by atoms with van der Waals surface area (Å²) in [6, 6.07) is 4.47. The molecule has 0 aliphatic rings. The molecule has 0 heterocycles. The maximum atomic E-state index is 8.90. The van der Waals surface area contributed by atoms with Gasteiger partial charge < -0.3 is 20.1 Å². The average Bonchev–Trinajstić information content (AvgIpc) is 2.04. The molecule has 1 aromatic rings. The Bertz CT molecular complexity index is 301. The van der Waals surface area contributed by atoms with Crippen molar-refractivity contribution in [1.82, 2.24) is 0 Å². The Morgan fingerprint density at radius 3 is 2.08 bits per heavy atom. The van der Waals surface area contributed by atoms with Gasteiger partial charge in [-0.1, -0.05) is 23.8 Å². The topological polar surface area (TPSA) is 80.9 Å². The van der Waals surface area contributed by atoms with Gasteiger partial charge in [-0.3, -0.25) is 0 Å². The van der Waals surface area contributed by atoms with E-state index in [9.17, 15) is 0 Å². The molecule has 0 fully saturated rings. The van der Waals surface area contributed by atoms with Gasteiger partial charge in [0.05, 0.1) is 0 Å². The molecular formula is C7H10B2O4. The van der Waals surface area contributed by atoms with Crippen molar-refractivity contribution in [1.29, 1.82) is 0 Å². The van der Waals surface area contributed by atoms with E-state index in [0.717, 1.165) is 0 Å². The number of hydrogen-bond donors (Lipinski definition) is 4. The van der Waals surface area contributed by atoms with Gasteiger partial charge in [0, 0.05) is 0 Å². The van der Waals surface area contributed by atoms with E-state index in [2.05, 4.69) is 0 Å². The molecular weight excluding hydrogens is 170 g/mol. The number of hydrogen-bond acceptors (Lipinski definition) is 4. The Kier molecular flexibility index (Phi) is 3.11. The predicted octanol–water partition coefficient (Wildman–Crippen LogP) is -2.65. The van der Waals surface area contributed by atoms with Crippen molar-refractivity contribution in [2.45, 2.75) is 6.92 Å². The second-order valence-corrected chi connectivity index (χ2v) is 2.86. The van der Waals surface area contributed by atoms with Crippen molar-refractivity contribution in [2.24, 2.45) is 0 Å². The van der Waals surface area contributed by atoms with Crippen LogP contribution in [0.3, 0.4) is 0 Å². The fourth-order valence-corrected chi connectivity index (χ4v) is 1.10. The lowest BCUT2D eigenvalue weighted by atomic mass is 9.71. The first kappa shape index (κ1) is 10.3. The summed E-state index contributed by atoms with van der Waals surface area (Å²) in [5.41, 5.74) is 1.22. The Hall–Kier alpha value is -0.810. The molecule has 0 saturated heterocycles. The maximum Gasteiger partial charge on any atom is 0.488 e. The van der Waals surface area contributed by atoms with Crippen molar-refractivity contribution in [3.8, 4) is 0 Å². The highest BCUT2D eigenvalue weighted by Crippen LogP contribution is 1.92. The lowest BCUT2D eigenvalue weighted by Gasteiger charge is -2.06. The van der Waals surface area contributed by atoms with E-state index in [1.807, 2.05) is 0 Å². The summed E-state index contributed by atoms with van der Waals surface area (Å²) in [6.45, 7) is 1.71. The third-order valence-electron chi connectivity index (χ3n) is 1.88. The monoisotopic (exact) mass is 180 g/mol. The van der Waals surface area contributed by atoms with Gasteiger partial charge in [0.1, 0.15) is 0 Å². The molecule has 4 N–H and O–H groups in total. The van der Waals surface area contributed by atoms with Crippen molar-refractivity contribution >= 4 is 25.2 Å². The van der Waals surface area contributed by atoms with Gasteiger partial charge in [-0.2, -0.15) is 0 Å². The standard InChI is InChI=1S/C7H10B2O4/c1-5-2-3-6(8(10)11)4-7(5)9(12)13/h2-4,10-13H,1H3. The molecule has 0 aromatic heterocycles. The minimum absolute atomic E-state index is 0.244. The lowest BCUT2D eigenvalue weighted by Crippen LogP contribution is -2.39. The van der Waals surface area contributed by atoms with E-state index >= 15 is 0 Å². The van der Waals surface area contributed by atoms with Crippen LogP contribution in [0, 0.1) is 6.92 Å². The Balaban J connectivity index is 3.11. The molecule has 13 heavy (non-hydrogen) atoms. The molecule has 0 unspecified atom stereocenters. The van der Waals surface area contributed by atoms with E-state index in [1.54, 1.807) is 13.0 Å². The zero-order valence-corrected chi connectivity index (χ0v) is 7.18. The van der Waals surface area contributed by atoms with Crippen LogP contribution in [-0.2, 0) is 0 Å². The number of aryl methyl sites for hydroxylation is 1. The fraction of sp³-hybridized carbons (Fsp3) is 0.143. The first-order valence-corrected chi connectivity index (χ1v) is 3.85. The third kappa shape index (κ3) is 2.32. The molecule has 0 spiro atoms. The minimum atomic E-state index is -1.59. The van der Waals surface area contributed by atoms with Gasteiger partial charge in [-0.25, -0.2) is 0 Å². The zero-order valence-electron chi connectivity index (χ0n) is 7.18. The third-order valence-corrected chi connectivity index (χ3v) is 1.88. The van der Waals surface area contributed by atoms with Crippen LogP contribution in [-0.4, -0.2) is 34.3 Å². The molecule has 0 bridgehead atoms. The maximum absolute atomic E-state index is 8.90. The highest BCUT2D eigenvalue weighted by atomic mass is 16.4. The second-order valence-electron chi connectivity index (χ2n) is 2.86. The fourth-order valence-electron chi connectivity index (χ4n) is 1.10. The zero-order chi connectivity index (χ0) is 10.0. The summed E-state index contributed by atoms with van der Waals surface area (Å²) >= 11 is 0. The van der Waals surface area contributed by atoms with Gasteiger partial charge in [0.15, 0.2) is 0 Å². The van der Waals surface area contributed by atoms with Crippen LogP contribution in [0.2, 0.25) is 0 Å². The molecule has 0 amide bonds. The van der Waals surface area contributed by atoms with Crippen LogP contribution in [0.1, 0.15) is 5.56 Å². The molecule has 0 radical (unpaired) electrons. The first-order chi connectivity index (χ1) is 6.02.